The van der Waals surface area contributed by atoms with E-state index < -0.39 is 18.0 Å². The van der Waals surface area contributed by atoms with Gasteiger partial charge in [0.2, 0.25) is 0 Å². The van der Waals surface area contributed by atoms with Crippen molar-refractivity contribution in [3.8, 4) is 0 Å². The first-order valence-corrected chi connectivity index (χ1v) is 5.04. The first-order chi connectivity index (χ1) is 7.58. The molecule has 0 spiro atoms. The Morgan fingerprint density at radius 2 is 2.25 bits per heavy atom. The van der Waals surface area contributed by atoms with E-state index in [2.05, 4.69) is 0 Å². The molecular weight excluding hydrogens is 211 g/mol. The fourth-order valence-electron chi connectivity index (χ4n) is 1.82. The Hall–Kier alpha value is -1.71. The number of hydrogen-bond acceptors (Lipinski definition) is 3. The molecule has 0 aliphatic carbocycles. The Morgan fingerprint density at radius 3 is 2.81 bits per heavy atom. The lowest BCUT2D eigenvalue weighted by Gasteiger charge is -2.08. The van der Waals surface area contributed by atoms with Crippen LogP contribution in [0.15, 0.2) is 24.3 Å². The molecule has 3 nitrogen and oxygen atoms in total. The van der Waals surface area contributed by atoms with Gasteiger partial charge in [-0.1, -0.05) is 12.1 Å². The first kappa shape index (κ1) is 10.8. The maximum absolute atomic E-state index is 13.0. The standard InChI is InChI=1S/C12H11FO3/c1-7(14)10-6-11(16-12(10)15)8-3-2-4-9(13)5-8/h2-5,10-11H,6H2,1H3/t10-,11-/m1/s1. The number of halogens is 1. The van der Waals surface area contributed by atoms with Crippen LogP contribution in [0, 0.1) is 11.7 Å². The van der Waals surface area contributed by atoms with Crippen molar-refractivity contribution in [2.45, 2.75) is 19.4 Å². The molecule has 84 valence electrons. The number of rotatable bonds is 2. The summed E-state index contributed by atoms with van der Waals surface area (Å²) in [5, 5.41) is 0. The van der Waals surface area contributed by atoms with Crippen LogP contribution in [-0.4, -0.2) is 11.8 Å². The summed E-state index contributed by atoms with van der Waals surface area (Å²) < 4.78 is 18.0. The van der Waals surface area contributed by atoms with E-state index >= 15 is 0 Å². The summed E-state index contributed by atoms with van der Waals surface area (Å²) in [7, 11) is 0. The van der Waals surface area contributed by atoms with Gasteiger partial charge in [0, 0.05) is 6.42 Å². The molecule has 0 amide bonds. The maximum Gasteiger partial charge on any atom is 0.317 e. The third-order valence-corrected chi connectivity index (χ3v) is 2.70. The molecule has 0 N–H and O–H groups in total. The molecule has 0 bridgehead atoms. The third kappa shape index (κ3) is 1.96. The molecule has 16 heavy (non-hydrogen) atoms. The lowest BCUT2D eigenvalue weighted by molar-refractivity contribution is -0.146. The number of cyclic esters (lactones) is 1. The summed E-state index contributed by atoms with van der Waals surface area (Å²) in [4.78, 5) is 22.5. The van der Waals surface area contributed by atoms with E-state index in [9.17, 15) is 14.0 Å². The van der Waals surface area contributed by atoms with Crippen molar-refractivity contribution < 1.29 is 18.7 Å². The fraction of sp³-hybridized carbons (Fsp3) is 0.333. The van der Waals surface area contributed by atoms with Crippen molar-refractivity contribution in [1.29, 1.82) is 0 Å². The molecule has 1 aromatic rings. The van der Waals surface area contributed by atoms with Gasteiger partial charge in [-0.15, -0.1) is 0 Å². The second-order valence-corrected chi connectivity index (χ2v) is 3.88. The molecule has 2 atom stereocenters. The van der Waals surface area contributed by atoms with Crippen LogP contribution in [0.1, 0.15) is 25.0 Å². The summed E-state index contributed by atoms with van der Waals surface area (Å²) in [5.41, 5.74) is 0.595. The van der Waals surface area contributed by atoms with Gasteiger partial charge in [-0.25, -0.2) is 4.39 Å². The minimum atomic E-state index is -0.701. The molecule has 0 aromatic heterocycles. The average Bonchev–Trinajstić information content (AvgIpc) is 2.60. The van der Waals surface area contributed by atoms with Gasteiger partial charge in [-0.05, 0) is 24.6 Å². The molecule has 1 heterocycles. The molecule has 1 aromatic carbocycles. The van der Waals surface area contributed by atoms with Crippen LogP contribution in [0.4, 0.5) is 4.39 Å². The van der Waals surface area contributed by atoms with E-state index in [4.69, 9.17) is 4.74 Å². The summed E-state index contributed by atoms with van der Waals surface area (Å²) in [6, 6.07) is 5.88. The number of carbonyl (C=O) groups excluding carboxylic acids is 2. The van der Waals surface area contributed by atoms with Gasteiger partial charge in [0.25, 0.3) is 0 Å². The topological polar surface area (TPSA) is 43.4 Å². The quantitative estimate of drug-likeness (QED) is 0.568. The van der Waals surface area contributed by atoms with Crippen molar-refractivity contribution in [1.82, 2.24) is 0 Å². The molecule has 1 saturated heterocycles. The second kappa shape index (κ2) is 4.04. The van der Waals surface area contributed by atoms with E-state index in [1.54, 1.807) is 12.1 Å². The molecule has 1 aliphatic rings. The monoisotopic (exact) mass is 222 g/mol. The van der Waals surface area contributed by atoms with Crippen LogP contribution in [0.5, 0.6) is 0 Å². The summed E-state index contributed by atoms with van der Waals surface area (Å²) >= 11 is 0. The zero-order valence-electron chi connectivity index (χ0n) is 8.77. The van der Waals surface area contributed by atoms with Crippen molar-refractivity contribution in [3.05, 3.63) is 35.6 Å². The summed E-state index contributed by atoms with van der Waals surface area (Å²) in [5.74, 6) is -1.79. The van der Waals surface area contributed by atoms with Crippen molar-refractivity contribution in [2.75, 3.05) is 0 Å². The molecule has 4 heteroatoms. The highest BCUT2D eigenvalue weighted by atomic mass is 19.1. The third-order valence-electron chi connectivity index (χ3n) is 2.70. The normalized spacial score (nSPS) is 24.2. The van der Waals surface area contributed by atoms with E-state index in [0.717, 1.165) is 0 Å². The number of hydrogen-bond donors (Lipinski definition) is 0. The Labute approximate surface area is 92.2 Å². The fourth-order valence-corrected chi connectivity index (χ4v) is 1.82. The van der Waals surface area contributed by atoms with Crippen LogP contribution in [0.3, 0.4) is 0 Å². The van der Waals surface area contributed by atoms with Gasteiger partial charge < -0.3 is 4.74 Å². The van der Waals surface area contributed by atoms with Crippen LogP contribution in [-0.2, 0) is 14.3 Å². The summed E-state index contributed by atoms with van der Waals surface area (Å²) in [6.45, 7) is 1.36. The van der Waals surface area contributed by atoms with Gasteiger partial charge in [0.1, 0.15) is 23.6 Å². The minimum Gasteiger partial charge on any atom is -0.457 e. The van der Waals surface area contributed by atoms with Gasteiger partial charge in [0.15, 0.2) is 0 Å². The second-order valence-electron chi connectivity index (χ2n) is 3.88. The largest absolute Gasteiger partial charge is 0.457 e. The lowest BCUT2D eigenvalue weighted by atomic mass is 9.97. The van der Waals surface area contributed by atoms with Crippen molar-refractivity contribution in [3.63, 3.8) is 0 Å². The van der Waals surface area contributed by atoms with Gasteiger partial charge in [-0.2, -0.15) is 0 Å². The highest BCUT2D eigenvalue weighted by molar-refractivity contribution is 5.98. The number of Topliss-reactive ketones (excluding diaryl/α,β-unsaturated/α-hetero) is 1. The van der Waals surface area contributed by atoms with Gasteiger partial charge >= 0.3 is 5.97 Å². The number of esters is 1. The van der Waals surface area contributed by atoms with E-state index in [1.807, 2.05) is 0 Å². The number of ketones is 1. The number of benzene rings is 1. The smallest absolute Gasteiger partial charge is 0.317 e. The highest BCUT2D eigenvalue weighted by Gasteiger charge is 2.38. The number of carbonyl (C=O) groups is 2. The van der Waals surface area contributed by atoms with Crippen LogP contribution < -0.4 is 0 Å². The molecule has 2 rings (SSSR count). The Bertz CT molecular complexity index is 442. The zero-order valence-corrected chi connectivity index (χ0v) is 8.77. The summed E-state index contributed by atoms with van der Waals surface area (Å²) in [6.07, 6.45) is -0.199. The van der Waals surface area contributed by atoms with Crippen LogP contribution in [0.2, 0.25) is 0 Å². The molecule has 0 unspecified atom stereocenters. The van der Waals surface area contributed by atoms with E-state index in [1.165, 1.54) is 19.1 Å². The van der Waals surface area contributed by atoms with Gasteiger partial charge in [-0.3, -0.25) is 9.59 Å². The zero-order chi connectivity index (χ0) is 11.7. The maximum atomic E-state index is 13.0. The predicted molar refractivity (Wildman–Crippen MR) is 54.0 cm³/mol. The molecule has 1 fully saturated rings. The Kier molecular flexibility index (Phi) is 2.73. The lowest BCUT2D eigenvalue weighted by Crippen LogP contribution is -2.15. The van der Waals surface area contributed by atoms with Gasteiger partial charge in [0.05, 0.1) is 0 Å². The van der Waals surface area contributed by atoms with Crippen LogP contribution in [0.25, 0.3) is 0 Å². The molecule has 0 radical (unpaired) electrons. The van der Waals surface area contributed by atoms with E-state index in [-0.39, 0.29) is 11.6 Å². The highest BCUT2D eigenvalue weighted by Crippen LogP contribution is 2.33. The first-order valence-electron chi connectivity index (χ1n) is 5.04. The molecule has 0 saturated carbocycles. The Balaban J connectivity index is 2.20. The minimum absolute atomic E-state index is 0.205. The van der Waals surface area contributed by atoms with Crippen molar-refractivity contribution >= 4 is 11.8 Å². The van der Waals surface area contributed by atoms with Crippen LogP contribution >= 0.6 is 0 Å². The van der Waals surface area contributed by atoms with E-state index in [0.29, 0.717) is 12.0 Å². The number of ether oxygens (including phenoxy) is 1. The van der Waals surface area contributed by atoms with Crippen molar-refractivity contribution in [2.24, 2.45) is 5.92 Å². The average molecular weight is 222 g/mol. The predicted octanol–water partition coefficient (Wildman–Crippen LogP) is 2.02. The Morgan fingerprint density at radius 1 is 1.50 bits per heavy atom. The molecular formula is C12H11FO3. The molecule has 1 aliphatic heterocycles. The SMILES string of the molecule is CC(=O)[C@H]1C[C@H](c2cccc(F)c2)OC1=O.